The van der Waals surface area contributed by atoms with Crippen LogP contribution in [0.15, 0.2) is 64.5 Å². The van der Waals surface area contributed by atoms with Crippen molar-refractivity contribution in [2.45, 2.75) is 24.8 Å². The summed E-state index contributed by atoms with van der Waals surface area (Å²) in [6.45, 7) is 3.86. The predicted molar refractivity (Wildman–Crippen MR) is 123 cm³/mol. The molecule has 30 heavy (non-hydrogen) atoms. The van der Waals surface area contributed by atoms with Gasteiger partial charge in [0.15, 0.2) is 0 Å². The first kappa shape index (κ1) is 20.2. The van der Waals surface area contributed by atoms with Crippen molar-refractivity contribution in [2.24, 2.45) is 0 Å². The first-order valence-electron chi connectivity index (χ1n) is 9.25. The Balaban J connectivity index is 1.67. The molecular weight excluding hydrogens is 420 g/mol. The molecule has 0 saturated heterocycles. The molecule has 0 aliphatic rings. The third-order valence-electron chi connectivity index (χ3n) is 4.48. The highest BCUT2D eigenvalue weighted by atomic mass is 35.5. The number of benzene rings is 1. The van der Waals surface area contributed by atoms with Crippen molar-refractivity contribution in [3.05, 3.63) is 70.2 Å². The van der Waals surface area contributed by atoms with Crippen molar-refractivity contribution < 1.29 is 0 Å². The summed E-state index contributed by atoms with van der Waals surface area (Å²) in [4.78, 5) is 26.8. The summed E-state index contributed by atoms with van der Waals surface area (Å²) in [6.07, 6.45) is 3.30. The van der Waals surface area contributed by atoms with E-state index in [0.717, 1.165) is 10.3 Å². The van der Waals surface area contributed by atoms with Crippen LogP contribution < -0.4 is 16.0 Å². The van der Waals surface area contributed by atoms with Gasteiger partial charge in [-0.15, -0.1) is 0 Å². The van der Waals surface area contributed by atoms with E-state index in [1.807, 2.05) is 50.2 Å². The van der Waals surface area contributed by atoms with E-state index in [9.17, 15) is 4.79 Å². The molecule has 4 rings (SSSR count). The fourth-order valence-corrected chi connectivity index (χ4v) is 3.97. The van der Waals surface area contributed by atoms with Crippen LogP contribution in [-0.4, -0.2) is 19.5 Å². The van der Waals surface area contributed by atoms with Crippen LogP contribution in [0.5, 0.6) is 0 Å². The Labute approximate surface area is 182 Å². The lowest BCUT2D eigenvalue weighted by Crippen LogP contribution is -2.25. The minimum absolute atomic E-state index is 0.0878. The fourth-order valence-electron chi connectivity index (χ4n) is 3.07. The lowest BCUT2D eigenvalue weighted by molar-refractivity contribution is 0.596. The van der Waals surface area contributed by atoms with Crippen molar-refractivity contribution in [1.29, 1.82) is 0 Å². The van der Waals surface area contributed by atoms with Crippen molar-refractivity contribution in [2.75, 3.05) is 10.5 Å². The maximum Gasteiger partial charge on any atom is 0.260 e. The lowest BCUT2D eigenvalue weighted by Gasteiger charge is -2.15. The Kier molecular flexibility index (Phi) is 5.61. The minimum atomic E-state index is -0.149. The molecule has 0 spiro atoms. The molecule has 0 radical (unpaired) electrons. The molecule has 0 aliphatic carbocycles. The number of nitrogens with zero attached hydrogens (tertiary/aromatic N) is 4. The van der Waals surface area contributed by atoms with Crippen LogP contribution >= 0.6 is 23.5 Å². The number of fused-ring (bicyclic) bond motifs is 1. The summed E-state index contributed by atoms with van der Waals surface area (Å²) in [5, 5.41) is 1.41. The van der Waals surface area contributed by atoms with Crippen molar-refractivity contribution in [3.63, 3.8) is 0 Å². The van der Waals surface area contributed by atoms with Crippen LogP contribution in [0.2, 0.25) is 5.02 Å². The van der Waals surface area contributed by atoms with E-state index in [2.05, 4.69) is 19.7 Å². The Bertz CT molecular complexity index is 1270. The third kappa shape index (κ3) is 3.96. The average molecular weight is 439 g/mol. The maximum atomic E-state index is 13.2. The number of hydrogen-bond donors (Lipinski definition) is 2. The Hall–Kier alpha value is -3.10. The lowest BCUT2D eigenvalue weighted by atomic mass is 10.1. The van der Waals surface area contributed by atoms with Gasteiger partial charge < -0.3 is 10.5 Å². The predicted octanol–water partition coefficient (Wildman–Crippen LogP) is 4.79. The molecule has 0 atom stereocenters. The number of nitrogens with two attached hydrogens (primary N) is 1. The summed E-state index contributed by atoms with van der Waals surface area (Å²) < 4.78 is 4.79. The Morgan fingerprint density at radius 3 is 2.63 bits per heavy atom. The number of rotatable bonds is 5. The van der Waals surface area contributed by atoms with Gasteiger partial charge in [-0.05, 0) is 56.1 Å². The second-order valence-electron chi connectivity index (χ2n) is 6.90. The summed E-state index contributed by atoms with van der Waals surface area (Å²) >= 11 is 7.55. The summed E-state index contributed by atoms with van der Waals surface area (Å²) in [7, 11) is 0. The monoisotopic (exact) mass is 438 g/mol. The number of hydrogen-bond acceptors (Lipinski definition) is 7. The van der Waals surface area contributed by atoms with E-state index in [-0.39, 0.29) is 17.5 Å². The molecule has 0 saturated carbocycles. The van der Waals surface area contributed by atoms with Gasteiger partial charge in [0.1, 0.15) is 11.5 Å². The van der Waals surface area contributed by atoms with Crippen molar-refractivity contribution in [3.8, 4) is 11.1 Å². The van der Waals surface area contributed by atoms with Gasteiger partial charge >= 0.3 is 0 Å². The Morgan fingerprint density at radius 1 is 1.13 bits per heavy atom. The third-order valence-corrected chi connectivity index (χ3v) is 5.81. The molecule has 4 aromatic rings. The fraction of sp³-hybridized carbons (Fsp3) is 0.143. The second-order valence-corrected chi connectivity index (χ2v) is 8.16. The first-order chi connectivity index (χ1) is 14.4. The highest BCUT2D eigenvalue weighted by Gasteiger charge is 2.15. The van der Waals surface area contributed by atoms with Crippen molar-refractivity contribution >= 4 is 46.3 Å². The van der Waals surface area contributed by atoms with Gasteiger partial charge in [0.25, 0.3) is 5.56 Å². The first-order valence-corrected chi connectivity index (χ1v) is 10.4. The molecule has 152 valence electrons. The van der Waals surface area contributed by atoms with Gasteiger partial charge in [-0.1, -0.05) is 23.7 Å². The van der Waals surface area contributed by atoms with E-state index in [4.69, 9.17) is 17.3 Å². The van der Waals surface area contributed by atoms with Crippen LogP contribution in [0.3, 0.4) is 0 Å². The van der Waals surface area contributed by atoms with E-state index >= 15 is 0 Å². The molecule has 0 bridgehead atoms. The number of nitrogens with one attached hydrogen (secondary N) is 1. The standard InChI is InChI=1S/C21H19ClN6OS/c1-12(2)28-19-14(11-25-21(23)26-19)9-15(20(28)29)13-7-8-18(24-10-13)27-30-17-6-4-3-5-16(17)22/h3-12H,1-2H3,(H,24,27)(H2,23,25,26). The van der Waals surface area contributed by atoms with Crippen molar-refractivity contribution in [1.82, 2.24) is 19.5 Å². The van der Waals surface area contributed by atoms with E-state index in [0.29, 0.717) is 27.6 Å². The highest BCUT2D eigenvalue weighted by molar-refractivity contribution is 8.00. The average Bonchev–Trinajstić information content (AvgIpc) is 2.73. The van der Waals surface area contributed by atoms with Crippen LogP contribution in [0.25, 0.3) is 22.2 Å². The Morgan fingerprint density at radius 2 is 1.93 bits per heavy atom. The van der Waals surface area contributed by atoms with Crippen LogP contribution in [0.1, 0.15) is 19.9 Å². The molecule has 1 aromatic carbocycles. The van der Waals surface area contributed by atoms with Gasteiger partial charge in [0.05, 0.1) is 5.02 Å². The normalized spacial score (nSPS) is 11.2. The molecule has 0 amide bonds. The van der Waals surface area contributed by atoms with Crippen LogP contribution in [-0.2, 0) is 0 Å². The largest absolute Gasteiger partial charge is 0.368 e. The molecule has 7 nitrogen and oxygen atoms in total. The molecule has 0 fully saturated rings. The topological polar surface area (TPSA) is 98.7 Å². The number of pyridine rings is 2. The van der Waals surface area contributed by atoms with Gasteiger partial charge in [0, 0.05) is 39.8 Å². The molecule has 9 heteroatoms. The molecule has 0 aliphatic heterocycles. The highest BCUT2D eigenvalue weighted by Crippen LogP contribution is 2.28. The number of anilines is 2. The maximum absolute atomic E-state index is 13.2. The van der Waals surface area contributed by atoms with E-state index in [1.165, 1.54) is 11.9 Å². The van der Waals surface area contributed by atoms with Gasteiger partial charge in [0.2, 0.25) is 5.95 Å². The zero-order valence-electron chi connectivity index (χ0n) is 16.3. The van der Waals surface area contributed by atoms with Crippen LogP contribution in [0, 0.1) is 0 Å². The summed E-state index contributed by atoms with van der Waals surface area (Å²) in [5.74, 6) is 0.793. The molecular formula is C21H19ClN6OS. The molecule has 0 unspecified atom stereocenters. The zero-order chi connectivity index (χ0) is 21.3. The molecule has 3 heterocycles. The summed E-state index contributed by atoms with van der Waals surface area (Å²) in [6, 6.07) is 12.9. The van der Waals surface area contributed by atoms with Gasteiger partial charge in [-0.3, -0.25) is 9.36 Å². The smallest absolute Gasteiger partial charge is 0.260 e. The van der Waals surface area contributed by atoms with E-state index in [1.54, 1.807) is 23.0 Å². The number of nitrogen functional groups attached to an aromatic ring is 1. The van der Waals surface area contributed by atoms with Crippen LogP contribution in [0.4, 0.5) is 11.8 Å². The molecule has 3 N–H and O–H groups in total. The van der Waals surface area contributed by atoms with Gasteiger partial charge in [-0.25, -0.2) is 9.97 Å². The van der Waals surface area contributed by atoms with Gasteiger partial charge in [-0.2, -0.15) is 4.98 Å². The molecule has 3 aromatic heterocycles. The minimum Gasteiger partial charge on any atom is -0.368 e. The van der Waals surface area contributed by atoms with E-state index < -0.39 is 0 Å². The summed E-state index contributed by atoms with van der Waals surface area (Å²) in [5.41, 5.74) is 7.34. The zero-order valence-corrected chi connectivity index (χ0v) is 17.9. The quantitative estimate of drug-likeness (QED) is 0.432. The number of aromatic nitrogens is 4. The number of halogens is 1. The second kappa shape index (κ2) is 8.33. The SMILES string of the molecule is CC(C)n1c(=O)c(-c2ccc(NSc3ccccc3Cl)nc2)cc2cnc(N)nc21.